The lowest BCUT2D eigenvalue weighted by atomic mass is 10.1. The van der Waals surface area contributed by atoms with Crippen molar-refractivity contribution in [3.8, 4) is 6.19 Å². The average Bonchev–Trinajstić information content (AvgIpc) is 3.48. The number of nitrogens with one attached hydrogen (secondary N) is 1. The monoisotopic (exact) mass is 446 g/mol. The van der Waals surface area contributed by atoms with Gasteiger partial charge in [-0.05, 0) is 30.0 Å². The van der Waals surface area contributed by atoms with Crippen molar-refractivity contribution < 1.29 is 4.79 Å². The summed E-state index contributed by atoms with van der Waals surface area (Å²) in [5.74, 6) is 0.537. The number of rotatable bonds is 5. The van der Waals surface area contributed by atoms with Crippen molar-refractivity contribution in [2.45, 2.75) is 25.3 Å². The molecule has 0 spiro atoms. The quantitative estimate of drug-likeness (QED) is 0.331. The Balaban J connectivity index is 1.58. The summed E-state index contributed by atoms with van der Waals surface area (Å²) in [6.45, 7) is 1.72. The summed E-state index contributed by atoms with van der Waals surface area (Å²) in [4.78, 5) is 21.0. The maximum absolute atomic E-state index is 12.4. The Labute approximate surface area is 181 Å². The number of thiophene rings is 2. The fourth-order valence-corrected chi connectivity index (χ4v) is 5.27. The van der Waals surface area contributed by atoms with Crippen LogP contribution in [0.3, 0.4) is 0 Å². The van der Waals surface area contributed by atoms with Gasteiger partial charge in [0.15, 0.2) is 6.19 Å². The Morgan fingerprint density at radius 1 is 1.45 bits per heavy atom. The Hall–Kier alpha value is -2.41. The number of guanidine groups is 1. The molecule has 1 atom stereocenters. The van der Waals surface area contributed by atoms with Gasteiger partial charge in [-0.15, -0.1) is 22.7 Å². The van der Waals surface area contributed by atoms with E-state index < -0.39 is 0 Å². The summed E-state index contributed by atoms with van der Waals surface area (Å²) in [5, 5.41) is 20.3. The van der Waals surface area contributed by atoms with Crippen molar-refractivity contribution in [2.75, 3.05) is 19.6 Å². The molecule has 0 aromatic carbocycles. The summed E-state index contributed by atoms with van der Waals surface area (Å²) < 4.78 is 0.674. The van der Waals surface area contributed by atoms with Crippen molar-refractivity contribution in [2.24, 2.45) is 10.1 Å². The molecule has 7 nitrogen and oxygen atoms in total. The second-order valence-corrected chi connectivity index (χ2v) is 9.40. The van der Waals surface area contributed by atoms with Gasteiger partial charge in [-0.2, -0.15) is 10.4 Å². The number of halogens is 1. The van der Waals surface area contributed by atoms with Crippen LogP contribution in [0, 0.1) is 11.5 Å². The van der Waals surface area contributed by atoms with E-state index in [0.717, 1.165) is 23.4 Å². The lowest BCUT2D eigenvalue weighted by Gasteiger charge is -2.25. The standard InChI is InChI=1S/C19H19ClN6OS2/c20-16-6-5-15(29-16)18-14(25-9-1-4-17(25)27)11-26(24-18)19(23-12-21)22-8-7-13-3-2-10-28-13/h2-3,5-6,10,14H,1,4,7-9,11H2,(H,22,23). The van der Waals surface area contributed by atoms with Gasteiger partial charge in [0.2, 0.25) is 11.9 Å². The van der Waals surface area contributed by atoms with Gasteiger partial charge in [-0.25, -0.2) is 5.01 Å². The van der Waals surface area contributed by atoms with E-state index in [9.17, 15) is 10.1 Å². The number of hydrazone groups is 1. The SMILES string of the molecule is N#CNC(=NCCc1cccs1)N1CC(N2CCCC2=O)C(c2ccc(Cl)s2)=N1. The summed E-state index contributed by atoms with van der Waals surface area (Å²) in [5.41, 5.74) is 0.794. The van der Waals surface area contributed by atoms with Gasteiger partial charge in [0.05, 0.1) is 21.8 Å². The Bertz CT molecular complexity index is 977. The van der Waals surface area contributed by atoms with Crippen molar-refractivity contribution in [1.29, 1.82) is 5.26 Å². The van der Waals surface area contributed by atoms with Crippen molar-refractivity contribution in [1.82, 2.24) is 15.2 Å². The first-order chi connectivity index (χ1) is 14.2. The molecule has 4 heterocycles. The first kappa shape index (κ1) is 19.9. The van der Waals surface area contributed by atoms with Gasteiger partial charge in [-0.1, -0.05) is 17.7 Å². The number of hydrogen-bond acceptors (Lipinski definition) is 6. The number of aliphatic imine (C=N–C) groups is 1. The molecule has 1 N–H and O–H groups in total. The molecule has 29 heavy (non-hydrogen) atoms. The molecule has 0 saturated carbocycles. The summed E-state index contributed by atoms with van der Waals surface area (Å²) in [6, 6.07) is 7.66. The van der Waals surface area contributed by atoms with Crippen LogP contribution in [0.5, 0.6) is 0 Å². The molecule has 2 aliphatic heterocycles. The zero-order chi connectivity index (χ0) is 20.2. The molecule has 150 valence electrons. The number of carbonyl (C=O) groups excluding carboxylic acids is 1. The third kappa shape index (κ3) is 4.45. The van der Waals surface area contributed by atoms with E-state index in [-0.39, 0.29) is 11.9 Å². The Kier molecular flexibility index (Phi) is 6.13. The number of hydrogen-bond donors (Lipinski definition) is 1. The van der Waals surface area contributed by atoms with Crippen LogP contribution in [0.15, 0.2) is 39.7 Å². The fraction of sp³-hybridized carbons (Fsp3) is 0.368. The number of carbonyl (C=O) groups is 1. The lowest BCUT2D eigenvalue weighted by Crippen LogP contribution is -2.45. The third-order valence-corrected chi connectivity index (χ3v) is 7.00. The number of likely N-dealkylation sites (tertiary alicyclic amines) is 1. The minimum absolute atomic E-state index is 0.136. The number of nitriles is 1. The van der Waals surface area contributed by atoms with E-state index in [0.29, 0.717) is 36.4 Å². The van der Waals surface area contributed by atoms with Crippen LogP contribution < -0.4 is 5.32 Å². The maximum Gasteiger partial charge on any atom is 0.228 e. The van der Waals surface area contributed by atoms with E-state index in [1.54, 1.807) is 16.3 Å². The molecule has 1 fully saturated rings. The zero-order valence-electron chi connectivity index (χ0n) is 15.5. The minimum Gasteiger partial charge on any atom is -0.332 e. The van der Waals surface area contributed by atoms with Crippen LogP contribution in [0.4, 0.5) is 0 Å². The topological polar surface area (TPSA) is 84.1 Å². The van der Waals surface area contributed by atoms with Crippen molar-refractivity contribution in [3.05, 3.63) is 43.7 Å². The van der Waals surface area contributed by atoms with Crippen LogP contribution in [-0.4, -0.2) is 53.2 Å². The van der Waals surface area contributed by atoms with E-state index in [1.807, 2.05) is 34.7 Å². The highest BCUT2D eigenvalue weighted by molar-refractivity contribution is 7.18. The van der Waals surface area contributed by atoms with Gasteiger partial charge < -0.3 is 4.90 Å². The average molecular weight is 447 g/mol. The molecule has 2 aliphatic rings. The smallest absolute Gasteiger partial charge is 0.228 e. The lowest BCUT2D eigenvalue weighted by molar-refractivity contribution is -0.128. The minimum atomic E-state index is -0.178. The molecular formula is C19H19ClN6OS2. The van der Waals surface area contributed by atoms with Gasteiger partial charge in [0, 0.05) is 30.8 Å². The van der Waals surface area contributed by atoms with E-state index in [4.69, 9.17) is 16.7 Å². The third-order valence-electron chi connectivity index (χ3n) is 4.81. The largest absolute Gasteiger partial charge is 0.332 e. The Morgan fingerprint density at radius 3 is 3.00 bits per heavy atom. The summed E-state index contributed by atoms with van der Waals surface area (Å²) in [6.07, 6.45) is 4.17. The predicted octanol–water partition coefficient (Wildman–Crippen LogP) is 3.14. The van der Waals surface area contributed by atoms with Crippen LogP contribution in [0.1, 0.15) is 22.6 Å². The molecule has 4 rings (SSSR count). The molecule has 2 aromatic heterocycles. The number of amides is 1. The van der Waals surface area contributed by atoms with Crippen molar-refractivity contribution in [3.63, 3.8) is 0 Å². The van der Waals surface area contributed by atoms with Gasteiger partial charge >= 0.3 is 0 Å². The predicted molar refractivity (Wildman–Crippen MR) is 116 cm³/mol. The van der Waals surface area contributed by atoms with E-state index >= 15 is 0 Å². The molecule has 0 bridgehead atoms. The summed E-state index contributed by atoms with van der Waals surface area (Å²) in [7, 11) is 0. The van der Waals surface area contributed by atoms with E-state index in [2.05, 4.69) is 16.4 Å². The van der Waals surface area contributed by atoms with Crippen molar-refractivity contribution >= 4 is 51.9 Å². The van der Waals surface area contributed by atoms with Crippen LogP contribution in [0.25, 0.3) is 0 Å². The molecule has 1 amide bonds. The van der Waals surface area contributed by atoms with E-state index in [1.165, 1.54) is 16.2 Å². The molecule has 2 aromatic rings. The summed E-state index contributed by atoms with van der Waals surface area (Å²) >= 11 is 9.26. The second-order valence-electron chi connectivity index (χ2n) is 6.65. The highest BCUT2D eigenvalue weighted by Gasteiger charge is 2.39. The van der Waals surface area contributed by atoms with Crippen LogP contribution in [0.2, 0.25) is 4.34 Å². The first-order valence-corrected chi connectivity index (χ1v) is 11.4. The maximum atomic E-state index is 12.4. The second kappa shape index (κ2) is 8.95. The molecule has 1 unspecified atom stereocenters. The molecule has 0 radical (unpaired) electrons. The normalized spacial score (nSPS) is 19.6. The first-order valence-electron chi connectivity index (χ1n) is 9.29. The van der Waals surface area contributed by atoms with Gasteiger partial charge in [-0.3, -0.25) is 15.1 Å². The molecule has 1 saturated heterocycles. The zero-order valence-corrected chi connectivity index (χ0v) is 17.9. The highest BCUT2D eigenvalue weighted by Crippen LogP contribution is 2.29. The number of nitrogens with zero attached hydrogens (tertiary/aromatic N) is 5. The van der Waals surface area contributed by atoms with Crippen LogP contribution >= 0.6 is 34.3 Å². The molecule has 0 aliphatic carbocycles. The van der Waals surface area contributed by atoms with Gasteiger partial charge in [0.25, 0.3) is 0 Å². The molecule has 10 heteroatoms. The fourth-order valence-electron chi connectivity index (χ4n) is 3.49. The van der Waals surface area contributed by atoms with Gasteiger partial charge in [0.1, 0.15) is 5.71 Å². The molecular weight excluding hydrogens is 428 g/mol. The highest BCUT2D eigenvalue weighted by atomic mass is 35.5. The Morgan fingerprint density at radius 2 is 2.34 bits per heavy atom. The van der Waals surface area contributed by atoms with Crippen LogP contribution in [-0.2, 0) is 11.2 Å².